The van der Waals surface area contributed by atoms with Crippen LogP contribution in [0.4, 0.5) is 0 Å². The van der Waals surface area contributed by atoms with Gasteiger partial charge in [-0.1, -0.05) is 23.2 Å². The van der Waals surface area contributed by atoms with Crippen molar-refractivity contribution in [3.63, 3.8) is 0 Å². The molecule has 0 spiro atoms. The Morgan fingerprint density at radius 2 is 1.82 bits per heavy atom. The van der Waals surface area contributed by atoms with E-state index in [0.717, 1.165) is 0 Å². The average molecular weight is 297 g/mol. The molecule has 4 nitrogen and oxygen atoms in total. The van der Waals surface area contributed by atoms with Crippen LogP contribution in [0.3, 0.4) is 0 Å². The first-order valence-corrected chi connectivity index (χ1v) is 6.95. The SMILES string of the molecule is CC(C)S(=O)(=O)c1ccc(Cl)c(C(=O)O)c1Cl. The molecule has 0 saturated heterocycles. The van der Waals surface area contributed by atoms with Gasteiger partial charge in [-0.15, -0.1) is 0 Å². The fourth-order valence-electron chi connectivity index (χ4n) is 1.20. The van der Waals surface area contributed by atoms with E-state index in [1.54, 1.807) is 0 Å². The number of aromatic carboxylic acids is 1. The predicted octanol–water partition coefficient (Wildman–Crippen LogP) is 2.87. The zero-order valence-corrected chi connectivity index (χ0v) is 11.4. The van der Waals surface area contributed by atoms with Crippen molar-refractivity contribution in [3.8, 4) is 0 Å². The van der Waals surface area contributed by atoms with Gasteiger partial charge >= 0.3 is 5.97 Å². The molecule has 1 rings (SSSR count). The normalized spacial score (nSPS) is 11.8. The lowest BCUT2D eigenvalue weighted by atomic mass is 10.2. The van der Waals surface area contributed by atoms with Crippen LogP contribution in [0, 0.1) is 0 Å². The number of benzene rings is 1. The molecule has 0 radical (unpaired) electrons. The van der Waals surface area contributed by atoms with Crippen molar-refractivity contribution in [2.45, 2.75) is 24.0 Å². The molecule has 7 heteroatoms. The van der Waals surface area contributed by atoms with Gasteiger partial charge in [0.05, 0.1) is 25.8 Å². The molecule has 1 aromatic carbocycles. The van der Waals surface area contributed by atoms with Gasteiger partial charge in [0.1, 0.15) is 0 Å². The van der Waals surface area contributed by atoms with Crippen LogP contribution in [0.1, 0.15) is 24.2 Å². The van der Waals surface area contributed by atoms with Gasteiger partial charge in [0, 0.05) is 0 Å². The minimum absolute atomic E-state index is 0.0924. The Balaban J connectivity index is 3.61. The second-order valence-electron chi connectivity index (χ2n) is 3.63. The zero-order valence-electron chi connectivity index (χ0n) is 9.07. The maximum absolute atomic E-state index is 11.9. The molecule has 0 aliphatic carbocycles. The first-order valence-electron chi connectivity index (χ1n) is 4.64. The summed E-state index contributed by atoms with van der Waals surface area (Å²) in [5.74, 6) is -1.36. The Morgan fingerprint density at radius 1 is 1.29 bits per heavy atom. The van der Waals surface area contributed by atoms with Gasteiger partial charge in [0.15, 0.2) is 9.84 Å². The van der Waals surface area contributed by atoms with Crippen LogP contribution in [0.15, 0.2) is 17.0 Å². The van der Waals surface area contributed by atoms with Crippen LogP contribution in [0.25, 0.3) is 0 Å². The highest BCUT2D eigenvalue weighted by molar-refractivity contribution is 7.92. The third-order valence-electron chi connectivity index (χ3n) is 2.20. The maximum Gasteiger partial charge on any atom is 0.338 e. The zero-order chi connectivity index (χ0) is 13.4. The van der Waals surface area contributed by atoms with E-state index in [2.05, 4.69) is 0 Å². The number of hydrogen-bond donors (Lipinski definition) is 1. The molecule has 0 aliphatic rings. The lowest BCUT2D eigenvalue weighted by molar-refractivity contribution is 0.0697. The smallest absolute Gasteiger partial charge is 0.338 e. The summed E-state index contributed by atoms with van der Waals surface area (Å²) in [6.45, 7) is 2.97. The fourth-order valence-corrected chi connectivity index (χ4v) is 3.18. The van der Waals surface area contributed by atoms with Crippen molar-refractivity contribution >= 4 is 39.0 Å². The van der Waals surface area contributed by atoms with Crippen LogP contribution in [0.2, 0.25) is 10.0 Å². The Hall–Kier alpha value is -0.780. The van der Waals surface area contributed by atoms with Crippen molar-refractivity contribution in [2.24, 2.45) is 0 Å². The van der Waals surface area contributed by atoms with Crippen LogP contribution < -0.4 is 0 Å². The van der Waals surface area contributed by atoms with Crippen molar-refractivity contribution in [1.29, 1.82) is 0 Å². The van der Waals surface area contributed by atoms with Crippen LogP contribution >= 0.6 is 23.2 Å². The Morgan fingerprint density at radius 3 is 2.24 bits per heavy atom. The second kappa shape index (κ2) is 4.84. The molecule has 0 atom stereocenters. The Bertz CT molecular complexity index is 564. The topological polar surface area (TPSA) is 71.4 Å². The number of carboxylic acid groups (broad SMARTS) is 1. The summed E-state index contributed by atoms with van der Waals surface area (Å²) >= 11 is 11.5. The molecule has 1 aromatic rings. The van der Waals surface area contributed by atoms with Crippen molar-refractivity contribution in [3.05, 3.63) is 27.7 Å². The minimum atomic E-state index is -3.63. The summed E-state index contributed by atoms with van der Waals surface area (Å²) < 4.78 is 23.8. The molecule has 0 aromatic heterocycles. The number of halogens is 2. The van der Waals surface area contributed by atoms with Crippen molar-refractivity contribution in [2.75, 3.05) is 0 Å². The molecule has 0 amide bonds. The Kier molecular flexibility index (Phi) is 4.06. The summed E-state index contributed by atoms with van der Waals surface area (Å²) in [6.07, 6.45) is 0. The first kappa shape index (κ1) is 14.3. The first-order chi connectivity index (χ1) is 7.69. The van der Waals surface area contributed by atoms with Gasteiger partial charge in [-0.3, -0.25) is 0 Å². The average Bonchev–Trinajstić information content (AvgIpc) is 2.16. The van der Waals surface area contributed by atoms with E-state index in [1.165, 1.54) is 26.0 Å². The molecular formula is C10H10Cl2O4S. The maximum atomic E-state index is 11.9. The minimum Gasteiger partial charge on any atom is -0.478 e. The second-order valence-corrected chi connectivity index (χ2v) is 6.89. The monoisotopic (exact) mass is 296 g/mol. The molecule has 17 heavy (non-hydrogen) atoms. The summed E-state index contributed by atoms with van der Waals surface area (Å²) in [6, 6.07) is 2.43. The standard InChI is InChI=1S/C10H10Cl2O4S/c1-5(2)17(15,16)7-4-3-6(11)8(9(7)12)10(13)14/h3-5H,1-2H3,(H,13,14). The molecular weight excluding hydrogens is 287 g/mol. The number of rotatable bonds is 3. The third-order valence-corrected chi connectivity index (χ3v) is 5.21. The predicted molar refractivity (Wildman–Crippen MR) is 65.7 cm³/mol. The lowest BCUT2D eigenvalue weighted by Crippen LogP contribution is -2.15. The summed E-state index contributed by atoms with van der Waals surface area (Å²) in [5.41, 5.74) is -0.393. The molecule has 0 saturated carbocycles. The molecule has 0 unspecified atom stereocenters. The Labute approximate surface area is 109 Å². The molecule has 0 heterocycles. The van der Waals surface area contributed by atoms with Gasteiger partial charge in [-0.25, -0.2) is 13.2 Å². The van der Waals surface area contributed by atoms with Gasteiger partial charge in [-0.2, -0.15) is 0 Å². The molecule has 0 aliphatic heterocycles. The van der Waals surface area contributed by atoms with E-state index >= 15 is 0 Å². The van der Waals surface area contributed by atoms with E-state index in [9.17, 15) is 13.2 Å². The molecule has 1 N–H and O–H groups in total. The summed E-state index contributed by atoms with van der Waals surface area (Å²) in [4.78, 5) is 10.7. The van der Waals surface area contributed by atoms with Crippen molar-refractivity contribution in [1.82, 2.24) is 0 Å². The van der Waals surface area contributed by atoms with Gasteiger partial charge in [0.25, 0.3) is 0 Å². The van der Waals surface area contributed by atoms with Crippen LogP contribution in [-0.2, 0) is 9.84 Å². The fraction of sp³-hybridized carbons (Fsp3) is 0.300. The molecule has 94 valence electrons. The molecule has 0 fully saturated rings. The van der Waals surface area contributed by atoms with E-state index < -0.39 is 26.6 Å². The highest BCUT2D eigenvalue weighted by atomic mass is 35.5. The van der Waals surface area contributed by atoms with Gasteiger partial charge in [-0.05, 0) is 26.0 Å². The summed E-state index contributed by atoms with van der Waals surface area (Å²) in [7, 11) is -3.63. The number of carbonyl (C=O) groups is 1. The number of hydrogen-bond acceptors (Lipinski definition) is 3. The quantitative estimate of drug-likeness (QED) is 0.931. The highest BCUT2D eigenvalue weighted by Gasteiger charge is 2.26. The van der Waals surface area contributed by atoms with Gasteiger partial charge in [0.2, 0.25) is 0 Å². The number of carboxylic acids is 1. The lowest BCUT2D eigenvalue weighted by Gasteiger charge is -2.11. The molecule has 0 bridgehead atoms. The highest BCUT2D eigenvalue weighted by Crippen LogP contribution is 2.32. The van der Waals surface area contributed by atoms with E-state index in [-0.39, 0.29) is 14.9 Å². The van der Waals surface area contributed by atoms with Crippen LogP contribution in [0.5, 0.6) is 0 Å². The third kappa shape index (κ3) is 2.56. The number of sulfone groups is 1. The van der Waals surface area contributed by atoms with E-state index in [1.807, 2.05) is 0 Å². The largest absolute Gasteiger partial charge is 0.478 e. The van der Waals surface area contributed by atoms with Crippen LogP contribution in [-0.4, -0.2) is 24.7 Å². The summed E-state index contributed by atoms with van der Waals surface area (Å²) in [5, 5.41) is 7.78. The van der Waals surface area contributed by atoms with Crippen molar-refractivity contribution < 1.29 is 18.3 Å². The van der Waals surface area contributed by atoms with E-state index in [0.29, 0.717) is 0 Å². The van der Waals surface area contributed by atoms with Gasteiger partial charge < -0.3 is 5.11 Å². The van der Waals surface area contributed by atoms with E-state index in [4.69, 9.17) is 28.3 Å².